The lowest BCUT2D eigenvalue weighted by molar-refractivity contribution is -0.824. The molecule has 0 radical (unpaired) electrons. The molecule has 4 aromatic rings. The summed E-state index contributed by atoms with van der Waals surface area (Å²) >= 11 is 7.78. The van der Waals surface area contributed by atoms with Crippen LogP contribution in [0.2, 0.25) is 5.02 Å². The number of thiophene rings is 1. The molecule has 1 saturated heterocycles. The monoisotopic (exact) mass is 745 g/mol. The van der Waals surface area contributed by atoms with Gasteiger partial charge in [0.15, 0.2) is 0 Å². The first kappa shape index (κ1) is 35.3. The number of quaternary nitrogens is 1. The number of hydrogen-bond acceptors (Lipinski definition) is 11. The number of rotatable bonds is 10. The predicted molar refractivity (Wildman–Crippen MR) is 192 cm³/mol. The minimum absolute atomic E-state index is 0.151. The van der Waals surface area contributed by atoms with Crippen molar-refractivity contribution in [1.29, 1.82) is 0 Å². The summed E-state index contributed by atoms with van der Waals surface area (Å²) < 4.78 is 7.73. The molecule has 0 saturated carbocycles. The maximum atomic E-state index is 13.1. The van der Waals surface area contributed by atoms with E-state index < -0.39 is 24.3 Å². The van der Waals surface area contributed by atoms with Gasteiger partial charge in [-0.15, -0.1) is 21.5 Å². The number of piperidine rings is 1. The van der Waals surface area contributed by atoms with E-state index in [2.05, 4.69) is 26.3 Å². The molecule has 4 amide bonds. The smallest absolute Gasteiger partial charge is 0.409 e. The largest absolute Gasteiger partial charge is 0.608 e. The molecule has 0 spiro atoms. The van der Waals surface area contributed by atoms with E-state index in [0.29, 0.717) is 52.0 Å². The topological polar surface area (TPSA) is 187 Å². The zero-order valence-electron chi connectivity index (χ0n) is 28.6. The lowest BCUT2D eigenvalue weighted by atomic mass is 10.00. The Morgan fingerprint density at radius 3 is 2.67 bits per heavy atom. The van der Waals surface area contributed by atoms with Crippen LogP contribution in [0.3, 0.4) is 0 Å². The van der Waals surface area contributed by atoms with Crippen molar-refractivity contribution >= 4 is 58.2 Å². The Morgan fingerprint density at radius 2 is 1.90 bits per heavy atom. The zero-order chi connectivity index (χ0) is 36.7. The average molecular weight is 746 g/mol. The number of ether oxygens (including phenoxy) is 1. The molecule has 17 heteroatoms. The van der Waals surface area contributed by atoms with Crippen LogP contribution < -0.4 is 21.2 Å². The van der Waals surface area contributed by atoms with E-state index in [1.807, 2.05) is 37.5 Å². The number of imide groups is 1. The summed E-state index contributed by atoms with van der Waals surface area (Å²) in [6, 6.07) is 11.6. The molecule has 5 heterocycles. The summed E-state index contributed by atoms with van der Waals surface area (Å²) in [5, 5.41) is 27.8. The molecule has 3 aliphatic rings. The van der Waals surface area contributed by atoms with Crippen LogP contribution in [0.5, 0.6) is 0 Å². The summed E-state index contributed by atoms with van der Waals surface area (Å²) in [4.78, 5) is 57.7. The minimum Gasteiger partial charge on any atom is -0.608 e. The highest BCUT2D eigenvalue weighted by molar-refractivity contribution is 7.15. The third-order valence-corrected chi connectivity index (χ3v) is 10.9. The van der Waals surface area contributed by atoms with Gasteiger partial charge in [0.05, 0.1) is 17.9 Å². The number of carbonyl (C=O) groups excluding carboxylic acids is 4. The average Bonchev–Trinajstić information content (AvgIpc) is 3.72. The van der Waals surface area contributed by atoms with Gasteiger partial charge in [0.1, 0.15) is 16.9 Å². The molecule has 0 aliphatic carbocycles. The maximum Gasteiger partial charge on any atom is 0.409 e. The standard InChI is InChI=1S/C35H36ClN9O6S/c1-18-19(2)52-34-28(18)29(21-9-11-22(36)12-10-21)39-32(30-41-40-20(3)45(30)34)51-35(49)37-15-4-5-16-44(50)42-25-8-6-7-23-24(25)17-43(33(23)48)26-13-14-27(46)38-31(26)47/h6-12,26,32,42,44H,4-5,13-17H2,1-3H3,(H,37,49)(H,38,46,47)/t26?,32-/m0/s1. The first-order valence-electron chi connectivity index (χ1n) is 16.9. The number of halogens is 1. The van der Waals surface area contributed by atoms with Crippen LogP contribution in [0.1, 0.15) is 81.0 Å². The molecule has 0 bridgehead atoms. The molecular weight excluding hydrogens is 710 g/mol. The van der Waals surface area contributed by atoms with Crippen LogP contribution in [0.15, 0.2) is 47.5 Å². The van der Waals surface area contributed by atoms with E-state index in [4.69, 9.17) is 21.3 Å². The summed E-state index contributed by atoms with van der Waals surface area (Å²) in [5.74, 6) is -0.149. The van der Waals surface area contributed by atoms with Gasteiger partial charge >= 0.3 is 6.09 Å². The molecule has 4 N–H and O–H groups in total. The van der Waals surface area contributed by atoms with Crippen molar-refractivity contribution in [3.63, 3.8) is 0 Å². The van der Waals surface area contributed by atoms with E-state index in [9.17, 15) is 24.4 Å². The summed E-state index contributed by atoms with van der Waals surface area (Å²) in [6.07, 6.45) is -0.400. The molecule has 3 atom stereocenters. The third kappa shape index (κ3) is 6.77. The zero-order valence-corrected chi connectivity index (χ0v) is 30.2. The number of anilines is 1. The van der Waals surface area contributed by atoms with Gasteiger partial charge in [-0.3, -0.25) is 29.4 Å². The molecule has 2 aromatic carbocycles. The first-order chi connectivity index (χ1) is 25.0. The number of amides is 4. The van der Waals surface area contributed by atoms with Gasteiger partial charge in [0.25, 0.3) is 12.1 Å². The molecule has 1 fully saturated rings. The Morgan fingerprint density at radius 1 is 1.12 bits per heavy atom. The number of benzene rings is 2. The van der Waals surface area contributed by atoms with Crippen LogP contribution in [0.4, 0.5) is 10.5 Å². The SMILES string of the molecule is Cc1sc2c(c1C)C(c1ccc(Cl)cc1)=N[C@@H](OC(=O)NCCCC[NH+]([O-])Nc1cccc3c1CN(C1CCC(=O)NC1=O)C3=O)c1nnc(C)n1-2. The lowest BCUT2D eigenvalue weighted by Crippen LogP contribution is -3.10. The lowest BCUT2D eigenvalue weighted by Gasteiger charge is -2.29. The van der Waals surface area contributed by atoms with Gasteiger partial charge in [-0.1, -0.05) is 29.8 Å². The van der Waals surface area contributed by atoms with Crippen LogP contribution in [0, 0.1) is 26.0 Å². The van der Waals surface area contributed by atoms with Gasteiger partial charge < -0.3 is 20.2 Å². The van der Waals surface area contributed by atoms with E-state index in [1.54, 1.807) is 41.7 Å². The molecule has 52 heavy (non-hydrogen) atoms. The predicted octanol–water partition coefficient (Wildman–Crippen LogP) is 3.43. The molecule has 7 rings (SSSR count). The third-order valence-electron chi connectivity index (χ3n) is 9.42. The van der Waals surface area contributed by atoms with E-state index in [1.165, 1.54) is 4.90 Å². The van der Waals surface area contributed by atoms with Crippen LogP contribution in [-0.2, 0) is 20.9 Å². The number of unbranched alkanes of at least 4 members (excludes halogenated alkanes) is 1. The Bertz CT molecular complexity index is 2110. The molecule has 2 aromatic heterocycles. The maximum absolute atomic E-state index is 13.1. The summed E-state index contributed by atoms with van der Waals surface area (Å²) in [6.45, 7) is 6.50. The highest BCUT2D eigenvalue weighted by Crippen LogP contribution is 2.39. The van der Waals surface area contributed by atoms with E-state index in [0.717, 1.165) is 26.6 Å². The molecule has 15 nitrogen and oxygen atoms in total. The van der Waals surface area contributed by atoms with Crippen LogP contribution in [-0.4, -0.2) is 68.3 Å². The highest BCUT2D eigenvalue weighted by Gasteiger charge is 2.40. The second kappa shape index (κ2) is 14.5. The number of alkyl carbamates (subject to hydrolysis) is 1. The second-order valence-electron chi connectivity index (χ2n) is 12.8. The summed E-state index contributed by atoms with van der Waals surface area (Å²) in [5.41, 5.74) is 7.86. The fourth-order valence-corrected chi connectivity index (χ4v) is 7.98. The minimum atomic E-state index is -1.08. The van der Waals surface area contributed by atoms with Crippen LogP contribution in [0.25, 0.3) is 5.00 Å². The molecular formula is C35H36ClN9O6S. The number of nitrogens with zero attached hydrogens (tertiary/aromatic N) is 5. The van der Waals surface area contributed by atoms with Crippen LogP contribution >= 0.6 is 22.9 Å². The van der Waals surface area contributed by atoms with Gasteiger partial charge in [-0.25, -0.2) is 15.2 Å². The van der Waals surface area contributed by atoms with Crippen molar-refractivity contribution in [3.8, 4) is 5.00 Å². The van der Waals surface area contributed by atoms with Gasteiger partial charge in [-0.05, 0) is 63.4 Å². The number of aromatic nitrogens is 3. The summed E-state index contributed by atoms with van der Waals surface area (Å²) in [7, 11) is 0. The number of nitrogens with one attached hydrogen (secondary N) is 4. The van der Waals surface area contributed by atoms with Gasteiger partial charge in [-0.2, -0.15) is 0 Å². The van der Waals surface area contributed by atoms with Crippen molar-refractivity contribution in [2.24, 2.45) is 4.99 Å². The Balaban J connectivity index is 0.954. The molecule has 3 aliphatic heterocycles. The first-order valence-corrected chi connectivity index (χ1v) is 18.1. The molecule has 2 unspecified atom stereocenters. The van der Waals surface area contributed by atoms with Crippen molar-refractivity contribution in [2.75, 3.05) is 18.5 Å². The van der Waals surface area contributed by atoms with Crippen molar-refractivity contribution < 1.29 is 29.1 Å². The number of aliphatic imine (C=N–C) groups is 1. The van der Waals surface area contributed by atoms with Crippen molar-refractivity contribution in [1.82, 2.24) is 30.3 Å². The number of aryl methyl sites for hydroxylation is 2. The highest BCUT2D eigenvalue weighted by atomic mass is 35.5. The Kier molecular flexibility index (Phi) is 9.80. The number of hydrogen-bond donors (Lipinski definition) is 4. The van der Waals surface area contributed by atoms with Gasteiger partial charge in [0.2, 0.25) is 17.6 Å². The normalized spacial score (nSPS) is 18.5. The number of carbonyl (C=O) groups is 4. The van der Waals surface area contributed by atoms with E-state index in [-0.39, 0.29) is 49.5 Å². The molecule has 270 valence electrons. The number of hydroxylamine groups is 1. The van der Waals surface area contributed by atoms with Crippen molar-refractivity contribution in [3.05, 3.63) is 97.0 Å². The fraction of sp³-hybridized carbons (Fsp3) is 0.343. The van der Waals surface area contributed by atoms with Gasteiger partial charge in [0, 0.05) is 58.1 Å². The Labute approximate surface area is 307 Å². The Hall–Kier alpha value is -5.16. The fourth-order valence-electron chi connectivity index (χ4n) is 6.64. The second-order valence-corrected chi connectivity index (χ2v) is 14.4. The number of fused-ring (bicyclic) bond motifs is 4. The quantitative estimate of drug-likeness (QED) is 0.107. The van der Waals surface area contributed by atoms with Crippen molar-refractivity contribution in [2.45, 2.75) is 65.3 Å². The van der Waals surface area contributed by atoms with E-state index >= 15 is 0 Å².